The monoisotopic (exact) mass is 358 g/mol. The topological polar surface area (TPSA) is 66.9 Å². The van der Waals surface area contributed by atoms with Crippen molar-refractivity contribution in [2.75, 3.05) is 10.6 Å². The van der Waals surface area contributed by atoms with Crippen molar-refractivity contribution in [3.8, 4) is 0 Å². The van der Waals surface area contributed by atoms with Gasteiger partial charge in [-0.1, -0.05) is 35.3 Å². The van der Waals surface area contributed by atoms with Crippen LogP contribution in [0.4, 0.5) is 17.2 Å². The van der Waals surface area contributed by atoms with E-state index >= 15 is 0 Å². The van der Waals surface area contributed by atoms with E-state index < -0.39 is 0 Å². The fraction of sp³-hybridized carbons (Fsp3) is 0. The maximum atomic E-state index is 12.3. The molecule has 0 aliphatic carbocycles. The molecule has 2 aromatic carbocycles. The molecule has 1 aromatic heterocycles. The van der Waals surface area contributed by atoms with E-state index in [1.54, 1.807) is 42.5 Å². The van der Waals surface area contributed by atoms with Crippen LogP contribution in [0.5, 0.6) is 0 Å². The quantitative estimate of drug-likeness (QED) is 0.704. The lowest BCUT2D eigenvalue weighted by Gasteiger charge is -2.08. The Hall–Kier alpha value is -2.63. The van der Waals surface area contributed by atoms with Gasteiger partial charge < -0.3 is 10.6 Å². The van der Waals surface area contributed by atoms with Gasteiger partial charge in [-0.15, -0.1) is 0 Å². The molecular formula is C17H12Cl2N4O. The lowest BCUT2D eigenvalue weighted by molar-refractivity contribution is 0.102. The summed E-state index contributed by atoms with van der Waals surface area (Å²) in [5, 5.41) is 6.96. The molecule has 0 fully saturated rings. The second-order valence-corrected chi connectivity index (χ2v) is 5.76. The summed E-state index contributed by atoms with van der Waals surface area (Å²) in [6.07, 6.45) is 1.32. The lowest BCUT2D eigenvalue weighted by Crippen LogP contribution is -2.14. The number of aromatic nitrogens is 2. The number of rotatable bonds is 4. The van der Waals surface area contributed by atoms with Crippen molar-refractivity contribution in [2.24, 2.45) is 0 Å². The Bertz CT molecular complexity index is 886. The zero-order chi connectivity index (χ0) is 16.9. The fourth-order valence-corrected chi connectivity index (χ4v) is 2.41. The van der Waals surface area contributed by atoms with E-state index in [1.165, 1.54) is 6.33 Å². The van der Waals surface area contributed by atoms with Gasteiger partial charge in [0, 0.05) is 27.5 Å². The number of carbonyl (C=O) groups excluding carboxylic acids is 1. The Morgan fingerprint density at radius 3 is 2.25 bits per heavy atom. The van der Waals surface area contributed by atoms with E-state index in [0.29, 0.717) is 21.6 Å². The van der Waals surface area contributed by atoms with Crippen LogP contribution < -0.4 is 10.6 Å². The summed E-state index contributed by atoms with van der Waals surface area (Å²) in [6.45, 7) is 0. The number of nitrogens with one attached hydrogen (secondary N) is 2. The third kappa shape index (κ3) is 4.22. The van der Waals surface area contributed by atoms with Gasteiger partial charge in [-0.25, -0.2) is 9.97 Å². The Balaban J connectivity index is 1.76. The summed E-state index contributed by atoms with van der Waals surface area (Å²) in [7, 11) is 0. The van der Waals surface area contributed by atoms with Crippen molar-refractivity contribution in [2.45, 2.75) is 0 Å². The normalized spacial score (nSPS) is 10.2. The molecule has 7 heteroatoms. The van der Waals surface area contributed by atoms with E-state index in [2.05, 4.69) is 20.6 Å². The first-order chi connectivity index (χ1) is 11.6. The van der Waals surface area contributed by atoms with Crippen molar-refractivity contribution in [3.63, 3.8) is 0 Å². The molecule has 0 atom stereocenters. The third-order valence-corrected chi connectivity index (χ3v) is 3.55. The summed E-state index contributed by atoms with van der Waals surface area (Å²) >= 11 is 11.9. The molecule has 120 valence electrons. The van der Waals surface area contributed by atoms with Gasteiger partial charge in [0.15, 0.2) is 0 Å². The molecule has 0 aliphatic rings. The predicted molar refractivity (Wildman–Crippen MR) is 96.2 cm³/mol. The predicted octanol–water partition coefficient (Wildman–Crippen LogP) is 4.78. The molecule has 0 spiro atoms. The molecule has 5 nitrogen and oxygen atoms in total. The standard InChI is InChI=1S/C17H12Cl2N4O/c18-11-3-1-5-13(7-11)22-16-9-15(20-10-21-16)17(24)23-14-6-2-4-12(19)8-14/h1-10H,(H,23,24)(H,20,21,22). The highest BCUT2D eigenvalue weighted by atomic mass is 35.5. The van der Waals surface area contributed by atoms with Crippen LogP contribution in [0.25, 0.3) is 0 Å². The molecule has 0 radical (unpaired) electrons. The number of halogens is 2. The van der Waals surface area contributed by atoms with Gasteiger partial charge in [-0.2, -0.15) is 0 Å². The molecule has 1 heterocycles. The van der Waals surface area contributed by atoms with Gasteiger partial charge in [-0.3, -0.25) is 4.79 Å². The third-order valence-electron chi connectivity index (χ3n) is 3.08. The lowest BCUT2D eigenvalue weighted by atomic mass is 10.3. The van der Waals surface area contributed by atoms with Crippen LogP contribution >= 0.6 is 23.2 Å². The zero-order valence-electron chi connectivity index (χ0n) is 12.3. The highest BCUT2D eigenvalue weighted by molar-refractivity contribution is 6.31. The minimum Gasteiger partial charge on any atom is -0.340 e. The molecule has 0 unspecified atom stereocenters. The average molecular weight is 359 g/mol. The maximum Gasteiger partial charge on any atom is 0.274 e. The summed E-state index contributed by atoms with van der Waals surface area (Å²) < 4.78 is 0. The van der Waals surface area contributed by atoms with Gasteiger partial charge in [0.2, 0.25) is 0 Å². The number of amides is 1. The van der Waals surface area contributed by atoms with Crippen LogP contribution in [0.1, 0.15) is 10.5 Å². The Morgan fingerprint density at radius 2 is 1.54 bits per heavy atom. The van der Waals surface area contributed by atoms with Crippen molar-refractivity contribution in [3.05, 3.63) is 76.7 Å². The van der Waals surface area contributed by atoms with Crippen molar-refractivity contribution < 1.29 is 4.79 Å². The first-order valence-corrected chi connectivity index (χ1v) is 7.77. The van der Waals surface area contributed by atoms with Gasteiger partial charge in [0.25, 0.3) is 5.91 Å². The molecule has 3 aromatic rings. The Kier molecular flexibility index (Phi) is 4.93. The van der Waals surface area contributed by atoms with Crippen LogP contribution in [0, 0.1) is 0 Å². The van der Waals surface area contributed by atoms with E-state index in [1.807, 2.05) is 12.1 Å². The molecule has 1 amide bonds. The second-order valence-electron chi connectivity index (χ2n) is 4.89. The van der Waals surface area contributed by atoms with Crippen LogP contribution in [0.2, 0.25) is 10.0 Å². The number of carbonyl (C=O) groups is 1. The number of nitrogens with zero attached hydrogens (tertiary/aromatic N) is 2. The highest BCUT2D eigenvalue weighted by Gasteiger charge is 2.10. The molecule has 0 aliphatic heterocycles. The first kappa shape index (κ1) is 16.2. The molecule has 0 saturated carbocycles. The fourth-order valence-electron chi connectivity index (χ4n) is 2.03. The molecule has 0 saturated heterocycles. The molecule has 0 bridgehead atoms. The second kappa shape index (κ2) is 7.29. The zero-order valence-corrected chi connectivity index (χ0v) is 13.8. The summed E-state index contributed by atoms with van der Waals surface area (Å²) in [5.41, 5.74) is 1.59. The summed E-state index contributed by atoms with van der Waals surface area (Å²) in [6, 6.07) is 15.6. The van der Waals surface area contributed by atoms with Crippen LogP contribution in [-0.2, 0) is 0 Å². The van der Waals surface area contributed by atoms with Crippen molar-refractivity contribution in [1.29, 1.82) is 0 Å². The Morgan fingerprint density at radius 1 is 0.875 bits per heavy atom. The highest BCUT2D eigenvalue weighted by Crippen LogP contribution is 2.19. The van der Waals surface area contributed by atoms with E-state index in [9.17, 15) is 4.79 Å². The van der Waals surface area contributed by atoms with Gasteiger partial charge in [0.1, 0.15) is 17.8 Å². The molecular weight excluding hydrogens is 347 g/mol. The number of anilines is 3. The smallest absolute Gasteiger partial charge is 0.274 e. The van der Waals surface area contributed by atoms with Crippen LogP contribution in [0.3, 0.4) is 0 Å². The largest absolute Gasteiger partial charge is 0.340 e. The maximum absolute atomic E-state index is 12.3. The van der Waals surface area contributed by atoms with Gasteiger partial charge in [0.05, 0.1) is 0 Å². The van der Waals surface area contributed by atoms with E-state index in [-0.39, 0.29) is 11.6 Å². The minimum atomic E-state index is -0.353. The average Bonchev–Trinajstić information content (AvgIpc) is 2.55. The van der Waals surface area contributed by atoms with Crippen molar-refractivity contribution >= 4 is 46.3 Å². The van der Waals surface area contributed by atoms with Gasteiger partial charge in [-0.05, 0) is 36.4 Å². The van der Waals surface area contributed by atoms with Crippen LogP contribution in [0.15, 0.2) is 60.9 Å². The summed E-state index contributed by atoms with van der Waals surface area (Å²) in [4.78, 5) is 20.4. The summed E-state index contributed by atoms with van der Waals surface area (Å²) in [5.74, 6) is 0.136. The number of hydrogen-bond donors (Lipinski definition) is 2. The number of hydrogen-bond acceptors (Lipinski definition) is 4. The Labute approximate surface area is 148 Å². The first-order valence-electron chi connectivity index (χ1n) is 7.02. The van der Waals surface area contributed by atoms with Gasteiger partial charge >= 0.3 is 0 Å². The van der Waals surface area contributed by atoms with E-state index in [4.69, 9.17) is 23.2 Å². The number of benzene rings is 2. The minimum absolute atomic E-state index is 0.231. The SMILES string of the molecule is O=C(Nc1cccc(Cl)c1)c1cc(Nc2cccc(Cl)c2)ncn1. The molecule has 2 N–H and O–H groups in total. The molecule has 3 rings (SSSR count). The van der Waals surface area contributed by atoms with Crippen LogP contribution in [-0.4, -0.2) is 15.9 Å². The van der Waals surface area contributed by atoms with E-state index in [0.717, 1.165) is 5.69 Å². The molecule has 24 heavy (non-hydrogen) atoms. The van der Waals surface area contributed by atoms with Crippen molar-refractivity contribution in [1.82, 2.24) is 9.97 Å².